The van der Waals surface area contributed by atoms with Crippen molar-refractivity contribution in [2.45, 2.75) is 25.8 Å². The summed E-state index contributed by atoms with van der Waals surface area (Å²) >= 11 is 7.67. The fraction of sp³-hybridized carbons (Fsp3) is 0.240. The summed E-state index contributed by atoms with van der Waals surface area (Å²) in [7, 11) is 0. The molecule has 1 fully saturated rings. The highest BCUT2D eigenvalue weighted by atomic mass is 35.5. The third-order valence-corrected chi connectivity index (χ3v) is 7.35. The molecule has 5 rings (SSSR count). The zero-order valence-corrected chi connectivity index (χ0v) is 20.3. The molecule has 0 saturated carbocycles. The quantitative estimate of drug-likeness (QED) is 0.231. The molecule has 35 heavy (non-hydrogen) atoms. The molecule has 0 bridgehead atoms. The van der Waals surface area contributed by atoms with Gasteiger partial charge in [-0.3, -0.25) is 24.8 Å². The molecular weight excluding hydrogens is 486 g/mol. The predicted molar refractivity (Wildman–Crippen MR) is 139 cm³/mol. The second-order valence-corrected chi connectivity index (χ2v) is 9.72. The average Bonchev–Trinajstić information content (AvgIpc) is 3.33. The van der Waals surface area contributed by atoms with Gasteiger partial charge in [-0.2, -0.15) is 0 Å². The predicted octanol–water partition coefficient (Wildman–Crippen LogP) is 6.09. The van der Waals surface area contributed by atoms with E-state index in [1.54, 1.807) is 30.5 Å². The van der Waals surface area contributed by atoms with Gasteiger partial charge in [0.05, 0.1) is 26.9 Å². The molecule has 10 heteroatoms. The van der Waals surface area contributed by atoms with E-state index < -0.39 is 4.92 Å². The number of fused-ring (bicyclic) bond motifs is 1. The molecule has 1 aliphatic rings. The van der Waals surface area contributed by atoms with Crippen LogP contribution in [-0.4, -0.2) is 33.9 Å². The number of piperidine rings is 1. The summed E-state index contributed by atoms with van der Waals surface area (Å²) in [6.45, 7) is 1.71. The van der Waals surface area contributed by atoms with Gasteiger partial charge in [0.2, 0.25) is 0 Å². The van der Waals surface area contributed by atoms with Crippen molar-refractivity contribution in [2.24, 2.45) is 0 Å². The maximum atomic E-state index is 13.8. The van der Waals surface area contributed by atoms with Gasteiger partial charge in [0.25, 0.3) is 11.6 Å². The molecule has 178 valence electrons. The first-order chi connectivity index (χ1) is 17.0. The number of anilines is 2. The van der Waals surface area contributed by atoms with Crippen LogP contribution in [0.1, 0.15) is 35.3 Å². The van der Waals surface area contributed by atoms with Crippen LogP contribution in [0.3, 0.4) is 0 Å². The van der Waals surface area contributed by atoms with Crippen molar-refractivity contribution < 1.29 is 9.72 Å². The van der Waals surface area contributed by atoms with E-state index in [0.29, 0.717) is 27.1 Å². The van der Waals surface area contributed by atoms with Gasteiger partial charge in [-0.15, -0.1) is 0 Å². The Labute approximate surface area is 210 Å². The van der Waals surface area contributed by atoms with Gasteiger partial charge in [-0.1, -0.05) is 35.1 Å². The lowest BCUT2D eigenvalue weighted by molar-refractivity contribution is -0.384. The topological polar surface area (TPSA) is 92.5 Å². The third kappa shape index (κ3) is 4.82. The first kappa shape index (κ1) is 23.2. The number of para-hydroxylation sites is 1. The molecule has 8 nitrogen and oxygen atoms in total. The van der Waals surface area contributed by atoms with Gasteiger partial charge in [-0.25, -0.2) is 4.98 Å². The lowest BCUT2D eigenvalue weighted by Crippen LogP contribution is -2.32. The van der Waals surface area contributed by atoms with Crippen molar-refractivity contribution in [2.75, 3.05) is 22.9 Å². The summed E-state index contributed by atoms with van der Waals surface area (Å²) in [6.07, 6.45) is 4.77. The monoisotopic (exact) mass is 507 g/mol. The van der Waals surface area contributed by atoms with Crippen molar-refractivity contribution in [1.29, 1.82) is 0 Å². The number of nitrogens with zero attached hydrogens (tertiary/aromatic N) is 5. The molecule has 4 aromatic rings. The summed E-state index contributed by atoms with van der Waals surface area (Å²) in [4.78, 5) is 37.8. The van der Waals surface area contributed by atoms with Gasteiger partial charge < -0.3 is 4.90 Å². The molecule has 3 heterocycles. The summed E-state index contributed by atoms with van der Waals surface area (Å²) in [5.74, 6) is -0.390. The molecule has 0 N–H and O–H groups in total. The Morgan fingerprint density at radius 2 is 1.94 bits per heavy atom. The molecule has 2 aromatic carbocycles. The number of carbonyl (C=O) groups is 1. The number of pyridine rings is 1. The Hall–Kier alpha value is -3.56. The van der Waals surface area contributed by atoms with Crippen LogP contribution in [-0.2, 0) is 6.54 Å². The van der Waals surface area contributed by atoms with Crippen LogP contribution in [0.4, 0.5) is 16.5 Å². The van der Waals surface area contributed by atoms with E-state index >= 15 is 0 Å². The highest BCUT2D eigenvalue weighted by molar-refractivity contribution is 7.22. The third-order valence-electron chi connectivity index (χ3n) is 6.00. The number of aromatic nitrogens is 2. The first-order valence-corrected chi connectivity index (χ1v) is 12.5. The van der Waals surface area contributed by atoms with E-state index in [-0.39, 0.29) is 23.7 Å². The molecule has 2 aromatic heterocycles. The zero-order chi connectivity index (χ0) is 24.4. The second-order valence-electron chi connectivity index (χ2n) is 8.30. The van der Waals surface area contributed by atoms with E-state index in [1.165, 1.54) is 22.3 Å². The first-order valence-electron chi connectivity index (χ1n) is 11.3. The number of nitro benzene ring substituents is 1. The van der Waals surface area contributed by atoms with Crippen LogP contribution in [0.5, 0.6) is 0 Å². The van der Waals surface area contributed by atoms with E-state index in [9.17, 15) is 14.9 Å². The normalized spacial score (nSPS) is 13.7. The number of halogens is 1. The number of rotatable bonds is 6. The van der Waals surface area contributed by atoms with Gasteiger partial charge in [0.15, 0.2) is 5.13 Å². The van der Waals surface area contributed by atoms with Crippen LogP contribution in [0.2, 0.25) is 5.02 Å². The lowest BCUT2D eigenvalue weighted by Gasteiger charge is -2.28. The molecule has 1 amide bonds. The molecule has 0 unspecified atom stereocenters. The van der Waals surface area contributed by atoms with Crippen molar-refractivity contribution in [3.8, 4) is 0 Å². The fourth-order valence-corrected chi connectivity index (χ4v) is 5.52. The zero-order valence-electron chi connectivity index (χ0n) is 18.8. The summed E-state index contributed by atoms with van der Waals surface area (Å²) < 4.78 is 0.845. The van der Waals surface area contributed by atoms with E-state index in [1.807, 2.05) is 29.2 Å². The Morgan fingerprint density at radius 1 is 1.11 bits per heavy atom. The second kappa shape index (κ2) is 9.97. The van der Waals surface area contributed by atoms with Crippen molar-refractivity contribution in [3.63, 3.8) is 0 Å². The number of hydrogen-bond acceptors (Lipinski definition) is 7. The molecule has 0 aliphatic carbocycles. The fourth-order valence-electron chi connectivity index (χ4n) is 4.26. The molecule has 1 saturated heterocycles. The van der Waals surface area contributed by atoms with Gasteiger partial charge in [0, 0.05) is 30.9 Å². The number of carbonyl (C=O) groups excluding carboxylic acids is 1. The van der Waals surface area contributed by atoms with Crippen molar-refractivity contribution >= 4 is 55.6 Å². The molecule has 1 aliphatic heterocycles. The number of benzene rings is 2. The van der Waals surface area contributed by atoms with Gasteiger partial charge >= 0.3 is 0 Å². The van der Waals surface area contributed by atoms with Crippen LogP contribution in [0, 0.1) is 10.1 Å². The molecule has 0 radical (unpaired) electrons. The van der Waals surface area contributed by atoms with E-state index in [4.69, 9.17) is 11.6 Å². The Kier molecular flexibility index (Phi) is 6.61. The molecule has 0 spiro atoms. The van der Waals surface area contributed by atoms with E-state index in [2.05, 4.69) is 9.97 Å². The largest absolute Gasteiger partial charge is 0.366 e. The Balaban J connectivity index is 1.55. The van der Waals surface area contributed by atoms with Crippen molar-refractivity contribution in [3.05, 3.63) is 87.2 Å². The maximum Gasteiger partial charge on any atom is 0.293 e. The average molecular weight is 508 g/mol. The van der Waals surface area contributed by atoms with Crippen LogP contribution in [0.15, 0.2) is 60.8 Å². The minimum atomic E-state index is -0.415. The van der Waals surface area contributed by atoms with Gasteiger partial charge in [0.1, 0.15) is 11.2 Å². The van der Waals surface area contributed by atoms with Crippen molar-refractivity contribution in [1.82, 2.24) is 9.97 Å². The summed E-state index contributed by atoms with van der Waals surface area (Å²) in [5, 5.41) is 12.9. The maximum absolute atomic E-state index is 13.8. The van der Waals surface area contributed by atoms with Crippen LogP contribution >= 0.6 is 22.9 Å². The standard InChI is InChI=1S/C25H22ClN5O3S/c26-19-8-6-9-22-23(19)28-25(35-22)30(16-18-7-2-3-12-27-18)24(32)17-10-11-20(21(15-17)31(33)34)29-13-4-1-5-14-29/h2-3,6-12,15H,1,4-5,13-14,16H2. The summed E-state index contributed by atoms with van der Waals surface area (Å²) in [5.41, 5.74) is 1.99. The number of thiazole rings is 1. The smallest absolute Gasteiger partial charge is 0.293 e. The minimum absolute atomic E-state index is 0.0668. The van der Waals surface area contributed by atoms with Crippen LogP contribution < -0.4 is 9.80 Å². The van der Waals surface area contributed by atoms with Gasteiger partial charge in [-0.05, 0) is 55.7 Å². The Bertz CT molecular complexity index is 1390. The Morgan fingerprint density at radius 3 is 2.66 bits per heavy atom. The minimum Gasteiger partial charge on any atom is -0.366 e. The number of amides is 1. The van der Waals surface area contributed by atoms with E-state index in [0.717, 1.165) is 37.1 Å². The number of hydrogen-bond donors (Lipinski definition) is 0. The lowest BCUT2D eigenvalue weighted by atomic mass is 10.1. The molecule has 0 atom stereocenters. The summed E-state index contributed by atoms with van der Waals surface area (Å²) in [6, 6.07) is 15.7. The SMILES string of the molecule is O=C(c1ccc(N2CCCCC2)c([N+](=O)[O-])c1)N(Cc1ccccn1)c1nc2c(Cl)cccc2s1. The number of nitro groups is 1. The van der Waals surface area contributed by atoms with Crippen LogP contribution in [0.25, 0.3) is 10.2 Å². The highest BCUT2D eigenvalue weighted by Gasteiger charge is 2.27. The molecular formula is C25H22ClN5O3S. The highest BCUT2D eigenvalue weighted by Crippen LogP contribution is 2.36.